The molecule has 6 aromatic rings. The fraction of sp³-hybridized carbons (Fsp3) is 0.167. The highest BCUT2D eigenvalue weighted by molar-refractivity contribution is 7.26. The number of nitrogens with zero attached hydrogens (tertiary/aromatic N) is 3. The molecule has 194 valence electrons. The van der Waals surface area contributed by atoms with E-state index < -0.39 is 0 Å². The molecule has 40 heavy (non-hydrogen) atoms. The number of rotatable bonds is 3. The molecule has 3 nitrogen and oxygen atoms in total. The standard InChI is InChI=1S/C36H29N3S/c1-22-12-15-25(16-13-22)31-21-30(24-8-4-3-5-9-24)37-36(38-31)39-32-19-14-23(2)20-29(32)27-17-18-28-26-10-6-7-11-33(26)40-35(28)34(27)39/h3-12,14-19,21-23H,13,20H2,1-2H3. The van der Waals surface area contributed by atoms with Gasteiger partial charge in [-0.15, -0.1) is 11.3 Å². The van der Waals surface area contributed by atoms with E-state index in [1.807, 2.05) is 11.3 Å². The molecule has 0 fully saturated rings. The molecule has 4 heteroatoms. The zero-order valence-electron chi connectivity index (χ0n) is 22.6. The average Bonchev–Trinajstić information content (AvgIpc) is 3.53. The molecule has 0 amide bonds. The van der Waals surface area contributed by atoms with E-state index in [0.717, 1.165) is 35.7 Å². The summed E-state index contributed by atoms with van der Waals surface area (Å²) in [5.74, 6) is 1.78. The topological polar surface area (TPSA) is 30.7 Å². The maximum absolute atomic E-state index is 5.29. The van der Waals surface area contributed by atoms with Crippen molar-refractivity contribution in [3.63, 3.8) is 0 Å². The predicted octanol–water partition coefficient (Wildman–Crippen LogP) is 9.64. The third-order valence-corrected chi connectivity index (χ3v) is 9.52. The lowest BCUT2D eigenvalue weighted by Crippen LogP contribution is -2.09. The molecule has 0 aliphatic heterocycles. The van der Waals surface area contributed by atoms with Crippen molar-refractivity contribution in [2.75, 3.05) is 0 Å². The normalized spacial score (nSPS) is 18.5. The monoisotopic (exact) mass is 535 g/mol. The summed E-state index contributed by atoms with van der Waals surface area (Å²) in [6.07, 6.45) is 13.5. The largest absolute Gasteiger partial charge is 0.277 e. The van der Waals surface area contributed by atoms with Crippen molar-refractivity contribution in [1.29, 1.82) is 0 Å². The lowest BCUT2D eigenvalue weighted by molar-refractivity contribution is 0.716. The summed E-state index contributed by atoms with van der Waals surface area (Å²) in [6, 6.07) is 26.0. The van der Waals surface area contributed by atoms with Gasteiger partial charge in [-0.1, -0.05) is 98.8 Å². The van der Waals surface area contributed by atoms with Crippen LogP contribution in [0.1, 0.15) is 37.2 Å². The first-order valence-corrected chi connectivity index (χ1v) is 14.9. The Labute approximate surface area is 237 Å². The number of aromatic nitrogens is 3. The summed E-state index contributed by atoms with van der Waals surface area (Å²) in [6.45, 7) is 4.56. The molecule has 2 aliphatic carbocycles. The summed E-state index contributed by atoms with van der Waals surface area (Å²) >= 11 is 1.87. The van der Waals surface area contributed by atoms with Crippen LogP contribution in [0.25, 0.3) is 59.9 Å². The molecule has 0 saturated heterocycles. The van der Waals surface area contributed by atoms with Crippen LogP contribution < -0.4 is 0 Å². The summed E-state index contributed by atoms with van der Waals surface area (Å²) in [5.41, 5.74) is 8.00. The smallest absolute Gasteiger partial charge is 0.235 e. The van der Waals surface area contributed by atoms with Crippen LogP contribution in [-0.2, 0) is 6.42 Å². The number of fused-ring (bicyclic) bond motifs is 7. The summed E-state index contributed by atoms with van der Waals surface area (Å²) in [5, 5.41) is 3.92. The van der Waals surface area contributed by atoms with Crippen LogP contribution >= 0.6 is 11.3 Å². The first-order valence-electron chi connectivity index (χ1n) is 14.1. The van der Waals surface area contributed by atoms with E-state index in [0.29, 0.717) is 11.8 Å². The third-order valence-electron chi connectivity index (χ3n) is 8.32. The first kappa shape index (κ1) is 23.6. The van der Waals surface area contributed by atoms with E-state index in [2.05, 4.69) is 122 Å². The molecule has 2 aliphatic rings. The van der Waals surface area contributed by atoms with Crippen LogP contribution in [0.2, 0.25) is 0 Å². The number of benzene rings is 3. The Balaban J connectivity index is 1.47. The minimum absolute atomic E-state index is 0.497. The van der Waals surface area contributed by atoms with Gasteiger partial charge in [0.15, 0.2) is 0 Å². The molecule has 3 aromatic heterocycles. The number of hydrogen-bond donors (Lipinski definition) is 0. The second-order valence-corrected chi connectivity index (χ2v) is 12.3. The van der Waals surface area contributed by atoms with Gasteiger partial charge in [-0.05, 0) is 54.0 Å². The molecule has 0 saturated carbocycles. The number of hydrogen-bond acceptors (Lipinski definition) is 3. The van der Waals surface area contributed by atoms with Gasteiger partial charge in [0.25, 0.3) is 0 Å². The summed E-state index contributed by atoms with van der Waals surface area (Å²) < 4.78 is 4.96. The molecular formula is C36H29N3S. The van der Waals surface area contributed by atoms with Gasteiger partial charge in [0.05, 0.1) is 27.3 Å². The van der Waals surface area contributed by atoms with E-state index in [4.69, 9.17) is 9.97 Å². The van der Waals surface area contributed by atoms with Crippen LogP contribution in [0.4, 0.5) is 0 Å². The van der Waals surface area contributed by atoms with Crippen LogP contribution in [0.15, 0.2) is 97.1 Å². The van der Waals surface area contributed by atoms with E-state index in [1.54, 1.807) is 0 Å². The van der Waals surface area contributed by atoms with Crippen LogP contribution in [0.3, 0.4) is 0 Å². The Bertz CT molecular complexity index is 2040. The Hall–Kier alpha value is -4.28. The number of thiophene rings is 1. The molecule has 0 bridgehead atoms. The Kier molecular flexibility index (Phi) is 5.39. The van der Waals surface area contributed by atoms with Crippen molar-refractivity contribution in [1.82, 2.24) is 14.5 Å². The lowest BCUT2D eigenvalue weighted by atomic mass is 9.93. The van der Waals surface area contributed by atoms with Gasteiger partial charge in [-0.2, -0.15) is 0 Å². The van der Waals surface area contributed by atoms with Gasteiger partial charge in [-0.3, -0.25) is 4.57 Å². The summed E-state index contributed by atoms with van der Waals surface area (Å²) in [4.78, 5) is 10.6. The van der Waals surface area contributed by atoms with Crippen molar-refractivity contribution in [2.45, 2.75) is 26.7 Å². The molecule has 2 unspecified atom stereocenters. The number of allylic oxidation sites excluding steroid dienone is 5. The maximum atomic E-state index is 5.29. The highest BCUT2D eigenvalue weighted by Crippen LogP contribution is 2.43. The van der Waals surface area contributed by atoms with Gasteiger partial charge in [-0.25, -0.2) is 9.97 Å². The first-order chi connectivity index (χ1) is 19.6. The molecular weight excluding hydrogens is 506 g/mol. The average molecular weight is 536 g/mol. The van der Waals surface area contributed by atoms with Crippen molar-refractivity contribution in [3.8, 4) is 17.2 Å². The third kappa shape index (κ3) is 3.70. The Morgan fingerprint density at radius 2 is 1.55 bits per heavy atom. The van der Waals surface area contributed by atoms with E-state index >= 15 is 0 Å². The quantitative estimate of drug-likeness (QED) is 0.226. The van der Waals surface area contributed by atoms with Gasteiger partial charge >= 0.3 is 0 Å². The van der Waals surface area contributed by atoms with Crippen LogP contribution in [0.5, 0.6) is 0 Å². The second-order valence-electron chi connectivity index (χ2n) is 11.2. The predicted molar refractivity (Wildman–Crippen MR) is 170 cm³/mol. The lowest BCUT2D eigenvalue weighted by Gasteiger charge is -2.17. The molecule has 8 rings (SSSR count). The van der Waals surface area contributed by atoms with Crippen molar-refractivity contribution in [2.24, 2.45) is 11.8 Å². The minimum Gasteiger partial charge on any atom is -0.277 e. The van der Waals surface area contributed by atoms with Gasteiger partial charge < -0.3 is 0 Å². The Morgan fingerprint density at radius 1 is 0.775 bits per heavy atom. The highest BCUT2D eigenvalue weighted by Gasteiger charge is 2.25. The fourth-order valence-electron chi connectivity index (χ4n) is 6.23. The van der Waals surface area contributed by atoms with E-state index in [9.17, 15) is 0 Å². The molecule has 2 atom stereocenters. The zero-order valence-corrected chi connectivity index (χ0v) is 23.5. The van der Waals surface area contributed by atoms with Crippen molar-refractivity contribution < 1.29 is 0 Å². The summed E-state index contributed by atoms with van der Waals surface area (Å²) in [7, 11) is 0. The maximum Gasteiger partial charge on any atom is 0.235 e. The second kappa shape index (κ2) is 9.14. The van der Waals surface area contributed by atoms with Gasteiger partial charge in [0.2, 0.25) is 5.95 Å². The molecule has 0 N–H and O–H groups in total. The molecule has 0 spiro atoms. The van der Waals surface area contributed by atoms with Crippen molar-refractivity contribution in [3.05, 3.63) is 114 Å². The fourth-order valence-corrected chi connectivity index (χ4v) is 7.47. The minimum atomic E-state index is 0.497. The zero-order chi connectivity index (χ0) is 26.8. The molecule has 3 heterocycles. The molecule has 3 aromatic carbocycles. The van der Waals surface area contributed by atoms with E-state index in [1.165, 1.54) is 47.9 Å². The Morgan fingerprint density at radius 3 is 2.40 bits per heavy atom. The SMILES string of the molecule is CC1C=CC(c2cc(-c3ccccc3)nc(-n3c4c(c5ccc6c7ccccc7sc6c53)CC(C)C=C4)n2)=CC1. The van der Waals surface area contributed by atoms with Crippen molar-refractivity contribution >= 4 is 54.1 Å². The van der Waals surface area contributed by atoms with Gasteiger partial charge in [0, 0.05) is 26.4 Å². The van der Waals surface area contributed by atoms with Crippen LogP contribution in [-0.4, -0.2) is 14.5 Å². The van der Waals surface area contributed by atoms with Gasteiger partial charge in [0.1, 0.15) is 0 Å². The van der Waals surface area contributed by atoms with E-state index in [-0.39, 0.29) is 0 Å². The molecule has 0 radical (unpaired) electrons. The highest BCUT2D eigenvalue weighted by atomic mass is 32.1. The van der Waals surface area contributed by atoms with Crippen LogP contribution in [0, 0.1) is 11.8 Å².